The number of fused-ring (bicyclic) bond motifs is 2. The van der Waals surface area contributed by atoms with Crippen LogP contribution in [0.4, 0.5) is 0 Å². The Kier molecular flexibility index (Phi) is 8.90. The molecule has 1 fully saturated rings. The van der Waals surface area contributed by atoms with Gasteiger partial charge in [-0.2, -0.15) is 0 Å². The van der Waals surface area contributed by atoms with E-state index < -0.39 is 0 Å². The highest BCUT2D eigenvalue weighted by atomic mass is 79.9. The van der Waals surface area contributed by atoms with E-state index in [0.29, 0.717) is 24.7 Å². The number of H-pyrrole nitrogens is 1. The number of hydrogen-bond donors (Lipinski definition) is 3. The predicted molar refractivity (Wildman–Crippen MR) is 179 cm³/mol. The van der Waals surface area contributed by atoms with Gasteiger partial charge in [-0.25, -0.2) is 4.98 Å². The Labute approximate surface area is 261 Å². The number of nitrogens with one attached hydrogen (secondary N) is 2. The van der Waals surface area contributed by atoms with Crippen LogP contribution >= 0.6 is 15.9 Å². The number of hydrogen-bond acceptors (Lipinski definition) is 4. The van der Waals surface area contributed by atoms with Crippen LogP contribution in [0.15, 0.2) is 77.4 Å². The van der Waals surface area contributed by atoms with Crippen molar-refractivity contribution in [2.75, 3.05) is 13.6 Å². The second kappa shape index (κ2) is 13.1. The van der Waals surface area contributed by atoms with E-state index >= 15 is 0 Å². The highest BCUT2D eigenvalue weighted by molar-refractivity contribution is 9.10. The first-order valence-electron chi connectivity index (χ1n) is 15.0. The number of aromatic nitrogens is 2. The van der Waals surface area contributed by atoms with E-state index in [1.54, 1.807) is 0 Å². The topological polar surface area (TPSA) is 87.0 Å². The van der Waals surface area contributed by atoms with Crippen LogP contribution in [0.25, 0.3) is 33.1 Å². The summed E-state index contributed by atoms with van der Waals surface area (Å²) in [5.41, 5.74) is 12.7. The van der Waals surface area contributed by atoms with Gasteiger partial charge >= 0.3 is 0 Å². The zero-order valence-electron chi connectivity index (χ0n) is 24.4. The molecule has 4 N–H and O–H groups in total. The van der Waals surface area contributed by atoms with Gasteiger partial charge in [0.2, 0.25) is 0 Å². The van der Waals surface area contributed by atoms with Gasteiger partial charge in [-0.15, -0.1) is 0 Å². The summed E-state index contributed by atoms with van der Waals surface area (Å²) < 4.78 is 0.984. The monoisotopic (exact) mass is 633 g/mol. The molecule has 3 aromatic carbocycles. The molecule has 0 radical (unpaired) electrons. The molecule has 1 aliphatic rings. The van der Waals surface area contributed by atoms with E-state index in [1.807, 2.05) is 66.9 Å². The van der Waals surface area contributed by atoms with Crippen molar-refractivity contribution in [3.05, 3.63) is 99.7 Å². The molecule has 0 spiro atoms. The number of amides is 1. The van der Waals surface area contributed by atoms with Crippen LogP contribution in [0.5, 0.6) is 0 Å². The van der Waals surface area contributed by atoms with Gasteiger partial charge in [-0.1, -0.05) is 71.3 Å². The van der Waals surface area contributed by atoms with E-state index in [-0.39, 0.29) is 5.91 Å². The highest BCUT2D eigenvalue weighted by Crippen LogP contribution is 2.32. The van der Waals surface area contributed by atoms with Crippen LogP contribution in [-0.4, -0.2) is 40.4 Å². The maximum atomic E-state index is 13.8. The first-order valence-corrected chi connectivity index (χ1v) is 15.7. The molecular formula is C36H36BrN5O. The van der Waals surface area contributed by atoms with E-state index in [9.17, 15) is 4.79 Å². The molecule has 1 aliphatic carbocycles. The number of carbonyl (C=O) groups excluding carboxylic acids is 1. The Morgan fingerprint density at radius 1 is 1.02 bits per heavy atom. The first-order chi connectivity index (χ1) is 21.0. The zero-order valence-corrected chi connectivity index (χ0v) is 26.0. The smallest absolute Gasteiger partial charge is 0.252 e. The molecule has 5 aromatic rings. The Hall–Kier alpha value is -3.96. The summed E-state index contributed by atoms with van der Waals surface area (Å²) in [6.45, 7) is 1.63. The molecule has 0 aliphatic heterocycles. The number of aromatic amines is 1. The minimum absolute atomic E-state index is 0.153. The SMILES string of the molecule is CN(CC#Cc1ccc2nc(-c3c[nH]c4ccc(Br)cc34)cc(C(=O)NCc3ccc(CN)cc3)c2c1)C1CCCCC1. The third kappa shape index (κ3) is 6.67. The van der Waals surface area contributed by atoms with Gasteiger partial charge in [0.15, 0.2) is 0 Å². The molecule has 0 unspecified atom stereocenters. The van der Waals surface area contributed by atoms with Crippen LogP contribution in [0, 0.1) is 11.8 Å². The van der Waals surface area contributed by atoms with Gasteiger partial charge in [-0.05, 0) is 73.5 Å². The quantitative estimate of drug-likeness (QED) is 0.166. The molecule has 0 bridgehead atoms. The lowest BCUT2D eigenvalue weighted by Gasteiger charge is -2.29. The summed E-state index contributed by atoms with van der Waals surface area (Å²) in [6.07, 6.45) is 8.42. The van der Waals surface area contributed by atoms with Crippen molar-refractivity contribution < 1.29 is 4.79 Å². The molecule has 1 saturated carbocycles. The number of nitrogens with two attached hydrogens (primary N) is 1. The minimum Gasteiger partial charge on any atom is -0.360 e. The Morgan fingerprint density at radius 3 is 2.60 bits per heavy atom. The number of nitrogens with zero attached hydrogens (tertiary/aromatic N) is 2. The van der Waals surface area contributed by atoms with Gasteiger partial charge in [0.25, 0.3) is 5.91 Å². The number of carbonyl (C=O) groups is 1. The molecular weight excluding hydrogens is 598 g/mol. The maximum absolute atomic E-state index is 13.8. The Morgan fingerprint density at radius 2 is 1.81 bits per heavy atom. The summed E-state index contributed by atoms with van der Waals surface area (Å²) in [7, 11) is 2.17. The third-order valence-corrected chi connectivity index (χ3v) is 8.94. The lowest BCUT2D eigenvalue weighted by atomic mass is 9.94. The second-order valence-corrected chi connectivity index (χ2v) is 12.3. The fraction of sp³-hybridized carbons (Fsp3) is 0.278. The van der Waals surface area contributed by atoms with E-state index in [4.69, 9.17) is 10.7 Å². The average Bonchev–Trinajstić information content (AvgIpc) is 3.46. The molecule has 1 amide bonds. The van der Waals surface area contributed by atoms with Crippen molar-refractivity contribution in [2.45, 2.75) is 51.2 Å². The maximum Gasteiger partial charge on any atom is 0.252 e. The van der Waals surface area contributed by atoms with Crippen molar-refractivity contribution >= 4 is 43.6 Å². The largest absolute Gasteiger partial charge is 0.360 e. The molecule has 6 nitrogen and oxygen atoms in total. The van der Waals surface area contributed by atoms with Crippen molar-refractivity contribution in [3.63, 3.8) is 0 Å². The highest BCUT2D eigenvalue weighted by Gasteiger charge is 2.18. The Balaban J connectivity index is 1.33. The van der Waals surface area contributed by atoms with Crippen molar-refractivity contribution in [1.82, 2.24) is 20.2 Å². The molecule has 7 heteroatoms. The van der Waals surface area contributed by atoms with Crippen LogP contribution in [0.3, 0.4) is 0 Å². The third-order valence-electron chi connectivity index (χ3n) is 8.44. The Bertz CT molecular complexity index is 1830. The standard InChI is InChI=1S/C36H36BrN5O/c1-42(28-7-3-2-4-8-28)17-5-6-24-13-15-34-29(18-24)31(36(43)40-22-26-11-9-25(21-38)10-12-26)20-35(41-34)32-23-39-33-16-14-27(37)19-30(32)33/h9-16,18-20,23,28,39H,2-4,7-8,17,21-22,38H2,1H3,(H,40,43). The van der Waals surface area contributed by atoms with Crippen LogP contribution in [-0.2, 0) is 13.1 Å². The van der Waals surface area contributed by atoms with Crippen molar-refractivity contribution in [2.24, 2.45) is 5.73 Å². The molecule has 2 heterocycles. The average molecular weight is 635 g/mol. The minimum atomic E-state index is -0.153. The second-order valence-electron chi connectivity index (χ2n) is 11.4. The molecule has 0 atom stereocenters. The van der Waals surface area contributed by atoms with Gasteiger partial charge in [-0.3, -0.25) is 9.69 Å². The number of benzene rings is 3. The molecule has 2 aromatic heterocycles. The summed E-state index contributed by atoms with van der Waals surface area (Å²) in [5.74, 6) is 6.55. The van der Waals surface area contributed by atoms with Crippen LogP contribution < -0.4 is 11.1 Å². The van der Waals surface area contributed by atoms with Crippen LogP contribution in [0.2, 0.25) is 0 Å². The van der Waals surface area contributed by atoms with E-state index in [1.165, 1.54) is 32.1 Å². The van der Waals surface area contributed by atoms with E-state index in [2.05, 4.69) is 56.1 Å². The van der Waals surface area contributed by atoms with Crippen LogP contribution in [0.1, 0.15) is 59.2 Å². The van der Waals surface area contributed by atoms with Gasteiger partial charge in [0.05, 0.1) is 23.3 Å². The lowest BCUT2D eigenvalue weighted by molar-refractivity contribution is 0.0952. The molecule has 6 rings (SSSR count). The predicted octanol–water partition coefficient (Wildman–Crippen LogP) is 7.15. The summed E-state index contributed by atoms with van der Waals surface area (Å²) in [4.78, 5) is 24.5. The normalized spacial score (nSPS) is 13.8. The molecule has 0 saturated heterocycles. The summed E-state index contributed by atoms with van der Waals surface area (Å²) >= 11 is 3.59. The fourth-order valence-electron chi connectivity index (χ4n) is 5.92. The summed E-state index contributed by atoms with van der Waals surface area (Å²) in [6, 6.07) is 22.6. The fourth-order valence-corrected chi connectivity index (χ4v) is 6.28. The number of rotatable bonds is 7. The van der Waals surface area contributed by atoms with E-state index in [0.717, 1.165) is 60.8 Å². The summed E-state index contributed by atoms with van der Waals surface area (Å²) in [5, 5.41) is 4.95. The molecule has 218 valence electrons. The van der Waals surface area contributed by atoms with Crippen molar-refractivity contribution in [1.29, 1.82) is 0 Å². The number of halogens is 1. The molecule has 43 heavy (non-hydrogen) atoms. The van der Waals surface area contributed by atoms with Gasteiger partial charge < -0.3 is 16.0 Å². The number of pyridine rings is 1. The van der Waals surface area contributed by atoms with Gasteiger partial charge in [0.1, 0.15) is 0 Å². The zero-order chi connectivity index (χ0) is 29.8. The first kappa shape index (κ1) is 29.1. The van der Waals surface area contributed by atoms with Gasteiger partial charge in [0, 0.05) is 57.2 Å². The van der Waals surface area contributed by atoms with Crippen molar-refractivity contribution in [3.8, 4) is 23.1 Å². The lowest BCUT2D eigenvalue weighted by Crippen LogP contribution is -2.33.